The van der Waals surface area contributed by atoms with Crippen LogP contribution < -0.4 is 0 Å². The zero-order valence-electron chi connectivity index (χ0n) is 14.4. The standard InChI is InChI=1S/2C8H17.H2O4S.Sn/c2*1-3-5-7-8-6-4-2;1-5(2,3)4;/h2*1,3-8H2,2H3;(H2,1,2,3,4);/q;;;+2/p-2. The molecular weight excluding hydrogens is 407 g/mol. The van der Waals surface area contributed by atoms with Crippen LogP contribution in [-0.4, -0.2) is 38.7 Å². The Hall–Kier alpha value is 0.669. The van der Waals surface area contributed by atoms with Gasteiger partial charge in [-0.25, -0.2) is 0 Å². The predicted molar refractivity (Wildman–Crippen MR) is 92.6 cm³/mol. The maximum Gasteiger partial charge on any atom is 0.0311 e. The van der Waals surface area contributed by atoms with Gasteiger partial charge in [0.1, 0.15) is 0 Å². The summed E-state index contributed by atoms with van der Waals surface area (Å²) in [5.74, 6) is 0. The van der Waals surface area contributed by atoms with E-state index in [1.54, 1.807) is 21.7 Å². The molecule has 0 radical (unpaired) electrons. The molecule has 0 aliphatic heterocycles. The average Bonchev–Trinajstić information content (AvgIpc) is 2.42. The van der Waals surface area contributed by atoms with Crippen LogP contribution in [0.3, 0.4) is 0 Å². The number of rotatable bonds is 14. The summed E-state index contributed by atoms with van der Waals surface area (Å²) in [6.45, 7) is 4.60. The third-order valence-electron chi connectivity index (χ3n) is 3.41. The van der Waals surface area contributed by atoms with Crippen molar-refractivity contribution in [3.05, 3.63) is 0 Å². The van der Waals surface area contributed by atoms with Crippen molar-refractivity contribution < 1.29 is 17.5 Å². The summed E-state index contributed by atoms with van der Waals surface area (Å²) in [5, 5.41) is 0. The minimum Gasteiger partial charge on any atom is -0.759 e. The molecule has 4 nitrogen and oxygen atoms in total. The molecule has 6 heteroatoms. The summed E-state index contributed by atoms with van der Waals surface area (Å²) in [6.07, 6.45) is 17.8. The van der Waals surface area contributed by atoms with Gasteiger partial charge in [-0.2, -0.15) is 0 Å². The van der Waals surface area contributed by atoms with Crippen molar-refractivity contribution >= 4 is 31.5 Å². The minimum absolute atomic E-state index is 0.0736. The second-order valence-electron chi connectivity index (χ2n) is 5.69. The second kappa shape index (κ2) is 19.7. The van der Waals surface area contributed by atoms with Gasteiger partial charge in [0.25, 0.3) is 0 Å². The quantitative estimate of drug-likeness (QED) is 0.166. The molecule has 0 aromatic carbocycles. The first-order valence-corrected chi connectivity index (χ1v) is 14.2. The summed E-state index contributed by atoms with van der Waals surface area (Å²) >= 11 is 0.0736. The van der Waals surface area contributed by atoms with Gasteiger partial charge in [0.15, 0.2) is 0 Å². The molecule has 0 N–H and O–H groups in total. The van der Waals surface area contributed by atoms with Gasteiger partial charge in [-0.15, -0.1) is 0 Å². The number of hydrogen-bond donors (Lipinski definition) is 0. The molecule has 22 heavy (non-hydrogen) atoms. The first-order valence-electron chi connectivity index (χ1n) is 8.79. The molecule has 0 saturated heterocycles. The van der Waals surface area contributed by atoms with Crippen LogP contribution in [0.4, 0.5) is 0 Å². The summed E-state index contributed by atoms with van der Waals surface area (Å²) < 4.78 is 37.4. The van der Waals surface area contributed by atoms with Crippen molar-refractivity contribution in [3.63, 3.8) is 0 Å². The maximum absolute atomic E-state index is 8.52. The van der Waals surface area contributed by atoms with E-state index in [-0.39, 0.29) is 21.1 Å². The number of hydrogen-bond acceptors (Lipinski definition) is 4. The van der Waals surface area contributed by atoms with Crippen molar-refractivity contribution in [2.45, 2.75) is 99.8 Å². The molecule has 0 aromatic rings. The van der Waals surface area contributed by atoms with Gasteiger partial charge in [-0.1, -0.05) is 0 Å². The van der Waals surface area contributed by atoms with E-state index in [4.69, 9.17) is 17.5 Å². The first-order chi connectivity index (χ1) is 10.4. The third-order valence-corrected chi connectivity index (χ3v) is 7.45. The third kappa shape index (κ3) is 37.2. The summed E-state index contributed by atoms with van der Waals surface area (Å²) in [6, 6.07) is 0. The van der Waals surface area contributed by atoms with Crippen LogP contribution in [0, 0.1) is 0 Å². The monoisotopic (exact) mass is 442 g/mol. The Labute approximate surface area is 148 Å². The molecule has 0 atom stereocenters. The summed E-state index contributed by atoms with van der Waals surface area (Å²) in [4.78, 5) is 0. The molecule has 0 unspecified atom stereocenters. The van der Waals surface area contributed by atoms with Crippen LogP contribution in [0.1, 0.15) is 90.9 Å². The van der Waals surface area contributed by atoms with E-state index in [1.165, 1.54) is 64.2 Å². The van der Waals surface area contributed by atoms with Crippen molar-refractivity contribution in [1.29, 1.82) is 0 Å². The Bertz CT molecular complexity index is 273. The summed E-state index contributed by atoms with van der Waals surface area (Å²) in [7, 11) is -5.17. The van der Waals surface area contributed by atoms with E-state index < -0.39 is 10.4 Å². The Morgan fingerprint density at radius 1 is 0.636 bits per heavy atom. The molecule has 0 spiro atoms. The second-order valence-corrected chi connectivity index (χ2v) is 10.8. The molecule has 0 aromatic heterocycles. The van der Waals surface area contributed by atoms with Crippen LogP contribution >= 0.6 is 0 Å². The largest absolute Gasteiger partial charge is 0.759 e. The topological polar surface area (TPSA) is 80.3 Å². The normalized spacial score (nSPS) is 10.7. The Balaban J connectivity index is 0. The Morgan fingerprint density at radius 2 is 0.909 bits per heavy atom. The number of unbranched alkanes of at least 4 members (excludes halogenated alkanes) is 10. The average molecular weight is 441 g/mol. The van der Waals surface area contributed by atoms with Crippen molar-refractivity contribution in [2.75, 3.05) is 0 Å². The molecule has 0 amide bonds. The van der Waals surface area contributed by atoms with E-state index in [0.717, 1.165) is 0 Å². The van der Waals surface area contributed by atoms with E-state index in [0.29, 0.717) is 0 Å². The smallest absolute Gasteiger partial charge is 0.0311 e. The molecule has 0 rings (SSSR count). The molecule has 0 bridgehead atoms. The zero-order valence-corrected chi connectivity index (χ0v) is 18.1. The van der Waals surface area contributed by atoms with Gasteiger partial charge < -0.3 is 9.11 Å². The molecule has 0 fully saturated rings. The van der Waals surface area contributed by atoms with E-state index >= 15 is 0 Å². The van der Waals surface area contributed by atoms with Crippen LogP contribution in [0.15, 0.2) is 0 Å². The van der Waals surface area contributed by atoms with Gasteiger partial charge in [-0.3, -0.25) is 8.42 Å². The predicted octanol–water partition coefficient (Wildman–Crippen LogP) is 4.91. The Morgan fingerprint density at radius 3 is 1.23 bits per heavy atom. The van der Waals surface area contributed by atoms with Crippen molar-refractivity contribution in [3.8, 4) is 0 Å². The maximum atomic E-state index is 8.52. The van der Waals surface area contributed by atoms with Crippen molar-refractivity contribution in [1.82, 2.24) is 0 Å². The molecule has 0 heterocycles. The molecule has 0 saturated carbocycles. The molecule has 0 aliphatic carbocycles. The van der Waals surface area contributed by atoms with Gasteiger partial charge in [-0.05, 0) is 0 Å². The fourth-order valence-electron chi connectivity index (χ4n) is 2.19. The molecular formula is C16H34O4SSn. The van der Waals surface area contributed by atoms with Crippen molar-refractivity contribution in [2.24, 2.45) is 0 Å². The molecule has 0 aliphatic rings. The summed E-state index contributed by atoms with van der Waals surface area (Å²) in [5.41, 5.74) is 0. The Kier molecular flexibility index (Phi) is 22.3. The van der Waals surface area contributed by atoms with Gasteiger partial charge in [0.2, 0.25) is 0 Å². The van der Waals surface area contributed by atoms with Gasteiger partial charge in [0.05, 0.1) is 0 Å². The minimum atomic E-state index is -5.17. The SMILES string of the molecule is CCCCCCC[CH2][Sn+2][CH2]CCCCCCC.O=S(=O)([O-])[O-]. The zero-order chi connectivity index (χ0) is 17.1. The fourth-order valence-corrected chi connectivity index (χ4v) is 5.75. The van der Waals surface area contributed by atoms with Crippen LogP contribution in [0.5, 0.6) is 0 Å². The first kappa shape index (κ1) is 24.9. The van der Waals surface area contributed by atoms with Crippen LogP contribution in [-0.2, 0) is 10.4 Å². The van der Waals surface area contributed by atoms with E-state index in [9.17, 15) is 0 Å². The van der Waals surface area contributed by atoms with E-state index in [2.05, 4.69) is 13.8 Å². The van der Waals surface area contributed by atoms with Gasteiger partial charge >= 0.3 is 121 Å². The fraction of sp³-hybridized carbons (Fsp3) is 1.00. The van der Waals surface area contributed by atoms with Gasteiger partial charge in [0, 0.05) is 10.4 Å². The van der Waals surface area contributed by atoms with E-state index in [1.807, 2.05) is 0 Å². The van der Waals surface area contributed by atoms with Crippen LogP contribution in [0.2, 0.25) is 8.87 Å². The molecule has 132 valence electrons. The van der Waals surface area contributed by atoms with Crippen LogP contribution in [0.25, 0.3) is 0 Å².